The van der Waals surface area contributed by atoms with E-state index in [-0.39, 0.29) is 0 Å². The maximum Gasteiger partial charge on any atom is 0.205 e. The number of hydrogen-bond acceptors (Lipinski definition) is 6. The number of anilines is 2. The van der Waals surface area contributed by atoms with Crippen molar-refractivity contribution in [2.45, 2.75) is 19.8 Å². The molecule has 1 fully saturated rings. The Hall–Kier alpha value is -1.56. The Morgan fingerprint density at radius 2 is 2.41 bits per heavy atom. The second kappa shape index (κ2) is 5.18. The predicted octanol–water partition coefficient (Wildman–Crippen LogP) is 1.01. The molecule has 2 rings (SSSR count). The summed E-state index contributed by atoms with van der Waals surface area (Å²) in [5.41, 5.74) is 2.53. The van der Waals surface area contributed by atoms with Crippen molar-refractivity contribution in [2.24, 2.45) is 11.8 Å². The molecular weight excluding hydrogens is 218 g/mol. The number of nitrogens with two attached hydrogens (primary N) is 1. The third-order valence-electron chi connectivity index (χ3n) is 3.29. The summed E-state index contributed by atoms with van der Waals surface area (Å²) in [6.07, 6.45) is 3.91. The molecule has 6 heteroatoms. The van der Waals surface area contributed by atoms with E-state index in [2.05, 4.69) is 27.2 Å². The third-order valence-corrected chi connectivity index (χ3v) is 3.29. The Labute approximate surface area is 101 Å². The summed E-state index contributed by atoms with van der Waals surface area (Å²) in [7, 11) is 1.61. The molecule has 3 N–H and O–H groups in total. The molecule has 6 nitrogen and oxygen atoms in total. The van der Waals surface area contributed by atoms with Crippen molar-refractivity contribution in [3.63, 3.8) is 0 Å². The fraction of sp³-hybridized carbons (Fsp3) is 0.636. The Morgan fingerprint density at radius 1 is 1.59 bits per heavy atom. The van der Waals surface area contributed by atoms with Crippen molar-refractivity contribution in [3.05, 3.63) is 6.33 Å². The second-order valence-corrected chi connectivity index (χ2v) is 4.23. The summed E-state index contributed by atoms with van der Waals surface area (Å²) in [4.78, 5) is 10.6. The van der Waals surface area contributed by atoms with Crippen LogP contribution in [0.15, 0.2) is 6.33 Å². The number of nitrogen functional groups attached to an aromatic ring is 1. The lowest BCUT2D eigenvalue weighted by Gasteiger charge is -2.20. The van der Waals surface area contributed by atoms with Gasteiger partial charge in [0.2, 0.25) is 5.75 Å². The zero-order chi connectivity index (χ0) is 12.3. The first-order valence-corrected chi connectivity index (χ1v) is 5.90. The molecule has 1 aromatic heterocycles. The number of aromatic nitrogens is 2. The van der Waals surface area contributed by atoms with Crippen molar-refractivity contribution in [3.8, 4) is 5.75 Å². The highest BCUT2D eigenvalue weighted by Gasteiger charge is 2.25. The van der Waals surface area contributed by atoms with E-state index in [9.17, 15) is 0 Å². The monoisotopic (exact) mass is 237 g/mol. The molecule has 0 aromatic carbocycles. The molecule has 1 aliphatic heterocycles. The molecule has 0 bridgehead atoms. The number of ether oxygens (including phenoxy) is 1. The average Bonchev–Trinajstić information content (AvgIpc) is 2.86. The maximum atomic E-state index is 5.41. The number of hydrazine groups is 1. The van der Waals surface area contributed by atoms with E-state index in [1.807, 2.05) is 0 Å². The van der Waals surface area contributed by atoms with Crippen molar-refractivity contribution in [1.29, 1.82) is 0 Å². The standard InChI is InChI=1S/C11H19N5O/c1-3-8-4-5-16(6-8)11-9(17-2)10(15-12)13-7-14-11/h7-8H,3-6,12H2,1-2H3,(H,13,14,15). The zero-order valence-corrected chi connectivity index (χ0v) is 10.3. The number of hydrogen-bond donors (Lipinski definition) is 2. The molecule has 1 saturated heterocycles. The van der Waals surface area contributed by atoms with Gasteiger partial charge in [-0.05, 0) is 12.3 Å². The van der Waals surface area contributed by atoms with E-state index >= 15 is 0 Å². The lowest BCUT2D eigenvalue weighted by molar-refractivity contribution is 0.412. The van der Waals surface area contributed by atoms with Crippen LogP contribution in [0.1, 0.15) is 19.8 Å². The SMILES string of the molecule is CCC1CCN(c2ncnc(NN)c2OC)C1. The van der Waals surface area contributed by atoms with Crippen LogP contribution >= 0.6 is 0 Å². The van der Waals surface area contributed by atoms with Crippen molar-refractivity contribution in [1.82, 2.24) is 9.97 Å². The van der Waals surface area contributed by atoms with Crippen LogP contribution < -0.4 is 20.9 Å². The molecule has 0 saturated carbocycles. The van der Waals surface area contributed by atoms with Crippen LogP contribution in [0.25, 0.3) is 0 Å². The van der Waals surface area contributed by atoms with E-state index in [4.69, 9.17) is 10.6 Å². The van der Waals surface area contributed by atoms with Crippen molar-refractivity contribution in [2.75, 3.05) is 30.5 Å². The van der Waals surface area contributed by atoms with Crippen LogP contribution in [0.4, 0.5) is 11.6 Å². The molecule has 17 heavy (non-hydrogen) atoms. The number of nitrogens with one attached hydrogen (secondary N) is 1. The molecule has 0 aliphatic carbocycles. The molecule has 1 aromatic rings. The molecule has 1 atom stereocenters. The summed E-state index contributed by atoms with van der Waals surface area (Å²) in [5, 5.41) is 0. The Morgan fingerprint density at radius 3 is 3.00 bits per heavy atom. The van der Waals surface area contributed by atoms with E-state index in [0.717, 1.165) is 24.8 Å². The van der Waals surface area contributed by atoms with Gasteiger partial charge in [-0.1, -0.05) is 13.3 Å². The van der Waals surface area contributed by atoms with Crippen LogP contribution in [0.3, 0.4) is 0 Å². The van der Waals surface area contributed by atoms with E-state index < -0.39 is 0 Å². The number of rotatable bonds is 4. The van der Waals surface area contributed by atoms with E-state index in [1.54, 1.807) is 7.11 Å². The van der Waals surface area contributed by atoms with E-state index in [0.29, 0.717) is 11.6 Å². The minimum absolute atomic E-state index is 0.525. The normalized spacial score (nSPS) is 19.5. The van der Waals surface area contributed by atoms with Crippen LogP contribution in [-0.4, -0.2) is 30.2 Å². The molecule has 94 valence electrons. The van der Waals surface area contributed by atoms with Gasteiger partial charge in [0.1, 0.15) is 6.33 Å². The van der Waals surface area contributed by atoms with Crippen molar-refractivity contribution >= 4 is 11.6 Å². The number of nitrogens with zero attached hydrogens (tertiary/aromatic N) is 3. The fourth-order valence-corrected chi connectivity index (χ4v) is 2.24. The lowest BCUT2D eigenvalue weighted by atomic mass is 10.1. The minimum atomic E-state index is 0.525. The summed E-state index contributed by atoms with van der Waals surface area (Å²) >= 11 is 0. The maximum absolute atomic E-state index is 5.41. The average molecular weight is 237 g/mol. The zero-order valence-electron chi connectivity index (χ0n) is 10.3. The van der Waals surface area contributed by atoms with Crippen LogP contribution in [0.5, 0.6) is 5.75 Å². The van der Waals surface area contributed by atoms with Gasteiger partial charge in [0.15, 0.2) is 11.6 Å². The Kier molecular flexibility index (Phi) is 3.63. The number of methoxy groups -OCH3 is 1. The van der Waals surface area contributed by atoms with Gasteiger partial charge in [-0.25, -0.2) is 15.8 Å². The predicted molar refractivity (Wildman–Crippen MR) is 67.0 cm³/mol. The molecule has 1 aliphatic rings. The Bertz CT molecular complexity index is 384. The Balaban J connectivity index is 2.26. The smallest absolute Gasteiger partial charge is 0.205 e. The van der Waals surface area contributed by atoms with Crippen LogP contribution in [-0.2, 0) is 0 Å². The van der Waals surface area contributed by atoms with Crippen LogP contribution in [0, 0.1) is 5.92 Å². The lowest BCUT2D eigenvalue weighted by Crippen LogP contribution is -2.22. The van der Waals surface area contributed by atoms with Gasteiger partial charge in [0, 0.05) is 13.1 Å². The summed E-state index contributed by atoms with van der Waals surface area (Å²) in [6, 6.07) is 0. The van der Waals surface area contributed by atoms with Gasteiger partial charge >= 0.3 is 0 Å². The molecule has 0 amide bonds. The third kappa shape index (κ3) is 2.26. The molecule has 2 heterocycles. The molecule has 0 radical (unpaired) electrons. The first-order valence-electron chi connectivity index (χ1n) is 5.90. The topological polar surface area (TPSA) is 76.3 Å². The summed E-state index contributed by atoms with van der Waals surface area (Å²) < 4.78 is 5.34. The minimum Gasteiger partial charge on any atom is -0.490 e. The molecule has 1 unspecified atom stereocenters. The fourth-order valence-electron chi connectivity index (χ4n) is 2.24. The van der Waals surface area contributed by atoms with E-state index in [1.165, 1.54) is 19.2 Å². The first-order chi connectivity index (χ1) is 8.30. The van der Waals surface area contributed by atoms with Gasteiger partial charge in [0.05, 0.1) is 7.11 Å². The highest BCUT2D eigenvalue weighted by molar-refractivity contribution is 5.64. The van der Waals surface area contributed by atoms with Gasteiger partial charge in [-0.3, -0.25) is 0 Å². The second-order valence-electron chi connectivity index (χ2n) is 4.23. The highest BCUT2D eigenvalue weighted by atomic mass is 16.5. The quantitative estimate of drug-likeness (QED) is 0.601. The largest absolute Gasteiger partial charge is 0.490 e. The summed E-state index contributed by atoms with van der Waals surface area (Å²) in [6.45, 7) is 4.25. The van der Waals surface area contributed by atoms with Gasteiger partial charge in [-0.15, -0.1) is 0 Å². The molecule has 0 spiro atoms. The summed E-state index contributed by atoms with van der Waals surface area (Å²) in [5.74, 6) is 8.12. The first kappa shape index (κ1) is 11.9. The van der Waals surface area contributed by atoms with Crippen LogP contribution in [0.2, 0.25) is 0 Å². The highest BCUT2D eigenvalue weighted by Crippen LogP contribution is 2.34. The van der Waals surface area contributed by atoms with Gasteiger partial charge in [0.25, 0.3) is 0 Å². The van der Waals surface area contributed by atoms with Gasteiger partial charge < -0.3 is 15.1 Å². The van der Waals surface area contributed by atoms with Crippen molar-refractivity contribution < 1.29 is 4.74 Å². The molecular formula is C11H19N5O. The van der Waals surface area contributed by atoms with Gasteiger partial charge in [-0.2, -0.15) is 0 Å².